The molecule has 0 bridgehead atoms. The van der Waals surface area contributed by atoms with Crippen LogP contribution in [-0.2, 0) is 6.54 Å². The third-order valence-corrected chi connectivity index (χ3v) is 3.79. The van der Waals surface area contributed by atoms with Crippen LogP contribution in [-0.4, -0.2) is 14.9 Å². The maximum absolute atomic E-state index is 6.17. The van der Waals surface area contributed by atoms with Crippen molar-refractivity contribution in [1.29, 1.82) is 0 Å². The quantitative estimate of drug-likeness (QED) is 0.690. The van der Waals surface area contributed by atoms with Gasteiger partial charge in [-0.3, -0.25) is 4.68 Å². The highest BCUT2D eigenvalue weighted by Crippen LogP contribution is 2.17. The molecule has 0 spiro atoms. The van der Waals surface area contributed by atoms with Crippen LogP contribution in [0, 0.1) is 0 Å². The Morgan fingerprint density at radius 1 is 1.00 bits per heavy atom. The smallest absolute Gasteiger partial charge is 0.175 e. The first-order valence-electron chi connectivity index (χ1n) is 7.09. The van der Waals surface area contributed by atoms with Crippen LogP contribution >= 0.6 is 23.8 Å². The van der Waals surface area contributed by atoms with E-state index in [9.17, 15) is 0 Å². The van der Waals surface area contributed by atoms with Crippen LogP contribution in [0.4, 0.5) is 11.4 Å². The molecule has 0 unspecified atom stereocenters. The third kappa shape index (κ3) is 4.31. The summed E-state index contributed by atoms with van der Waals surface area (Å²) < 4.78 is 1.81. The minimum Gasteiger partial charge on any atom is -0.332 e. The zero-order valence-corrected chi connectivity index (χ0v) is 13.8. The number of para-hydroxylation sites is 1. The Balaban J connectivity index is 1.61. The Bertz CT molecular complexity index is 801. The highest BCUT2D eigenvalue weighted by Gasteiger charge is 2.04. The minimum atomic E-state index is 0.522. The van der Waals surface area contributed by atoms with E-state index in [-0.39, 0.29) is 0 Å². The average molecular weight is 343 g/mol. The molecule has 0 saturated heterocycles. The van der Waals surface area contributed by atoms with E-state index in [0.717, 1.165) is 22.0 Å². The molecule has 1 aromatic heterocycles. The van der Waals surface area contributed by atoms with E-state index in [1.807, 2.05) is 65.5 Å². The molecule has 0 aliphatic rings. The standard InChI is InChI=1S/C17H15ClN4S/c18-16-9-5-4-6-13(16)11-22-12-15(10-19-22)21-17(23)20-14-7-2-1-3-8-14/h1-10,12H,11H2,(H2,20,21,23). The second kappa shape index (κ2) is 7.26. The summed E-state index contributed by atoms with van der Waals surface area (Å²) in [4.78, 5) is 0. The van der Waals surface area contributed by atoms with Gasteiger partial charge in [-0.15, -0.1) is 0 Å². The summed E-state index contributed by atoms with van der Waals surface area (Å²) in [5, 5.41) is 11.8. The Kier molecular flexibility index (Phi) is 4.90. The van der Waals surface area contributed by atoms with Crippen molar-refractivity contribution in [2.75, 3.05) is 10.6 Å². The van der Waals surface area contributed by atoms with Crippen LogP contribution < -0.4 is 10.6 Å². The Labute approximate surface area is 145 Å². The van der Waals surface area contributed by atoms with Crippen molar-refractivity contribution in [3.63, 3.8) is 0 Å². The van der Waals surface area contributed by atoms with Crippen molar-refractivity contribution in [3.8, 4) is 0 Å². The van der Waals surface area contributed by atoms with Gasteiger partial charge in [-0.2, -0.15) is 5.10 Å². The first-order valence-corrected chi connectivity index (χ1v) is 7.88. The first-order chi connectivity index (χ1) is 11.2. The van der Waals surface area contributed by atoms with Gasteiger partial charge in [0.05, 0.1) is 18.4 Å². The van der Waals surface area contributed by atoms with E-state index in [4.69, 9.17) is 23.8 Å². The number of nitrogens with one attached hydrogen (secondary N) is 2. The molecule has 2 N–H and O–H groups in total. The predicted molar refractivity (Wildman–Crippen MR) is 99.1 cm³/mol. The van der Waals surface area contributed by atoms with Crippen molar-refractivity contribution >= 4 is 40.3 Å². The molecule has 0 saturated carbocycles. The zero-order valence-electron chi connectivity index (χ0n) is 12.2. The fourth-order valence-electron chi connectivity index (χ4n) is 2.13. The summed E-state index contributed by atoms with van der Waals surface area (Å²) in [6, 6.07) is 17.5. The van der Waals surface area contributed by atoms with Crippen LogP contribution in [0.25, 0.3) is 0 Å². The van der Waals surface area contributed by atoms with Crippen LogP contribution in [0.15, 0.2) is 67.0 Å². The van der Waals surface area contributed by atoms with E-state index in [1.54, 1.807) is 6.20 Å². The average Bonchev–Trinajstić information content (AvgIpc) is 2.97. The van der Waals surface area contributed by atoms with Crippen molar-refractivity contribution < 1.29 is 0 Å². The van der Waals surface area contributed by atoms with Crippen molar-refractivity contribution in [1.82, 2.24) is 9.78 Å². The summed E-state index contributed by atoms with van der Waals surface area (Å²) in [5.74, 6) is 0. The molecular formula is C17H15ClN4S. The van der Waals surface area contributed by atoms with Crippen LogP contribution in [0.2, 0.25) is 5.02 Å². The van der Waals surface area contributed by atoms with Crippen LogP contribution in [0.1, 0.15) is 5.56 Å². The second-order valence-corrected chi connectivity index (χ2v) is 5.78. The molecule has 1 heterocycles. The van der Waals surface area contributed by atoms with Crippen molar-refractivity contribution in [2.45, 2.75) is 6.54 Å². The molecular weight excluding hydrogens is 328 g/mol. The van der Waals surface area contributed by atoms with E-state index >= 15 is 0 Å². The molecule has 0 radical (unpaired) electrons. The summed E-state index contributed by atoms with van der Waals surface area (Å²) in [5.41, 5.74) is 2.78. The maximum atomic E-state index is 6.17. The molecule has 6 heteroatoms. The number of benzene rings is 2. The summed E-state index contributed by atoms with van der Waals surface area (Å²) in [6.45, 7) is 0.611. The SMILES string of the molecule is S=C(Nc1ccccc1)Nc1cnn(Cc2ccccc2Cl)c1. The molecule has 2 aromatic carbocycles. The summed E-state index contributed by atoms with van der Waals surface area (Å²) in [6.07, 6.45) is 3.62. The molecule has 4 nitrogen and oxygen atoms in total. The van der Waals surface area contributed by atoms with Gasteiger partial charge >= 0.3 is 0 Å². The monoisotopic (exact) mass is 342 g/mol. The molecule has 0 aliphatic carbocycles. The van der Waals surface area contributed by atoms with Crippen molar-refractivity contribution in [3.05, 3.63) is 77.6 Å². The number of aromatic nitrogens is 2. The number of nitrogens with zero attached hydrogens (tertiary/aromatic N) is 2. The molecule has 0 atom stereocenters. The minimum absolute atomic E-state index is 0.522. The van der Waals surface area contributed by atoms with Gasteiger partial charge in [0.15, 0.2) is 5.11 Å². The Morgan fingerprint density at radius 3 is 2.48 bits per heavy atom. The fraction of sp³-hybridized carbons (Fsp3) is 0.0588. The van der Waals surface area contributed by atoms with Crippen LogP contribution in [0.3, 0.4) is 0 Å². The van der Waals surface area contributed by atoms with Gasteiger partial charge < -0.3 is 10.6 Å². The van der Waals surface area contributed by atoms with E-state index in [0.29, 0.717) is 11.7 Å². The van der Waals surface area contributed by atoms with Crippen molar-refractivity contribution in [2.24, 2.45) is 0 Å². The third-order valence-electron chi connectivity index (χ3n) is 3.21. The number of rotatable bonds is 4. The van der Waals surface area contributed by atoms with E-state index in [2.05, 4.69) is 15.7 Å². The molecule has 0 amide bonds. The number of anilines is 2. The molecule has 0 aliphatic heterocycles. The lowest BCUT2D eigenvalue weighted by Gasteiger charge is -2.08. The second-order valence-electron chi connectivity index (χ2n) is 4.96. The van der Waals surface area contributed by atoms with Gasteiger partial charge in [-0.1, -0.05) is 48.0 Å². The zero-order chi connectivity index (χ0) is 16.1. The fourth-order valence-corrected chi connectivity index (χ4v) is 2.56. The summed E-state index contributed by atoms with van der Waals surface area (Å²) in [7, 11) is 0. The van der Waals surface area contributed by atoms with Crippen LogP contribution in [0.5, 0.6) is 0 Å². The summed E-state index contributed by atoms with van der Waals surface area (Å²) >= 11 is 11.5. The topological polar surface area (TPSA) is 41.9 Å². The largest absolute Gasteiger partial charge is 0.332 e. The number of hydrogen-bond acceptors (Lipinski definition) is 2. The molecule has 0 fully saturated rings. The van der Waals surface area contributed by atoms with Gasteiger partial charge in [-0.05, 0) is 36.0 Å². The molecule has 23 heavy (non-hydrogen) atoms. The molecule has 3 rings (SSSR count). The van der Waals surface area contributed by atoms with Gasteiger partial charge in [-0.25, -0.2) is 0 Å². The van der Waals surface area contributed by atoms with Gasteiger partial charge in [0, 0.05) is 16.9 Å². The van der Waals surface area contributed by atoms with Gasteiger partial charge in [0.25, 0.3) is 0 Å². The highest BCUT2D eigenvalue weighted by molar-refractivity contribution is 7.80. The Hall–Kier alpha value is -2.37. The maximum Gasteiger partial charge on any atom is 0.175 e. The normalized spacial score (nSPS) is 10.3. The molecule has 3 aromatic rings. The van der Waals surface area contributed by atoms with E-state index < -0.39 is 0 Å². The predicted octanol–water partition coefficient (Wildman–Crippen LogP) is 4.39. The first kappa shape index (κ1) is 15.5. The van der Waals surface area contributed by atoms with E-state index in [1.165, 1.54) is 0 Å². The van der Waals surface area contributed by atoms with Gasteiger partial charge in [0.2, 0.25) is 0 Å². The highest BCUT2D eigenvalue weighted by atomic mass is 35.5. The number of thiocarbonyl (C=S) groups is 1. The lowest BCUT2D eigenvalue weighted by molar-refractivity contribution is 0.687. The molecule has 116 valence electrons. The lowest BCUT2D eigenvalue weighted by Crippen LogP contribution is -2.18. The number of halogens is 1. The van der Waals surface area contributed by atoms with Gasteiger partial charge in [0.1, 0.15) is 0 Å². The Morgan fingerprint density at radius 2 is 1.70 bits per heavy atom. The lowest BCUT2D eigenvalue weighted by atomic mass is 10.2. The number of hydrogen-bond donors (Lipinski definition) is 2.